The lowest BCUT2D eigenvalue weighted by molar-refractivity contribution is -0.0458. The number of aliphatic hydroxyl groups is 2. The molecule has 4 N–H and O–H groups in total. The zero-order valence-electron chi connectivity index (χ0n) is 9.94. The number of nitrogen functional groups attached to an aromatic ring is 1. The van der Waals surface area contributed by atoms with Crippen molar-refractivity contribution >= 4 is 23.5 Å². The van der Waals surface area contributed by atoms with E-state index < -0.39 is 24.1 Å². The lowest BCUT2D eigenvalue weighted by Gasteiger charge is -2.15. The minimum atomic E-state index is -0.827. The summed E-state index contributed by atoms with van der Waals surface area (Å²) in [6.07, 6.45) is 0.930. The van der Waals surface area contributed by atoms with E-state index in [0.717, 1.165) is 0 Å². The largest absolute Gasteiger partial charge is 0.394 e. The van der Waals surface area contributed by atoms with E-state index in [4.69, 9.17) is 27.2 Å². The Morgan fingerprint density at radius 2 is 2.42 bits per heavy atom. The van der Waals surface area contributed by atoms with E-state index in [-0.39, 0.29) is 18.8 Å². The van der Waals surface area contributed by atoms with Gasteiger partial charge in [-0.3, -0.25) is 4.57 Å². The molecule has 3 atom stereocenters. The molecule has 1 aliphatic rings. The van der Waals surface area contributed by atoms with Crippen LogP contribution in [0, 0.1) is 0 Å². The highest BCUT2D eigenvalue weighted by molar-refractivity contribution is 6.27. The topological polar surface area (TPSA) is 111 Å². The molecule has 1 saturated heterocycles. The second-order valence-corrected chi connectivity index (χ2v) is 4.43. The van der Waals surface area contributed by atoms with E-state index in [1.165, 1.54) is 22.4 Å². The number of aliphatic hydroxyl groups excluding tert-OH is 2. The van der Waals surface area contributed by atoms with Gasteiger partial charge in [0.15, 0.2) is 0 Å². The number of halogens is 1. The van der Waals surface area contributed by atoms with Crippen molar-refractivity contribution in [2.75, 3.05) is 12.3 Å². The zero-order valence-corrected chi connectivity index (χ0v) is 10.7. The fourth-order valence-electron chi connectivity index (χ4n) is 1.95. The van der Waals surface area contributed by atoms with Crippen molar-refractivity contribution in [1.29, 1.82) is 0 Å². The fourth-order valence-corrected chi connectivity index (χ4v) is 2.09. The number of anilines is 1. The molecule has 1 fully saturated rings. The van der Waals surface area contributed by atoms with E-state index >= 15 is 0 Å². The second-order valence-electron chi connectivity index (χ2n) is 4.18. The molecule has 1 aromatic heterocycles. The van der Waals surface area contributed by atoms with Crippen molar-refractivity contribution in [2.45, 2.75) is 24.9 Å². The van der Waals surface area contributed by atoms with Crippen LogP contribution < -0.4 is 11.4 Å². The van der Waals surface area contributed by atoms with Gasteiger partial charge in [-0.15, -0.1) is 0 Å². The Hall–Kier alpha value is -1.41. The van der Waals surface area contributed by atoms with Crippen LogP contribution >= 0.6 is 11.6 Å². The van der Waals surface area contributed by atoms with E-state index in [0.29, 0.717) is 5.56 Å². The monoisotopic (exact) mass is 287 g/mol. The van der Waals surface area contributed by atoms with Gasteiger partial charge in [-0.1, -0.05) is 11.6 Å². The summed E-state index contributed by atoms with van der Waals surface area (Å²) in [5.74, 6) is 0.0652. The van der Waals surface area contributed by atoms with Gasteiger partial charge in [-0.25, -0.2) is 4.79 Å². The van der Waals surface area contributed by atoms with Crippen LogP contribution in [0.1, 0.15) is 18.2 Å². The summed E-state index contributed by atoms with van der Waals surface area (Å²) >= 11 is 5.47. The standard InChI is InChI=1S/C11H14ClN3O4/c12-2-1-6-4-15(11(18)14-10(6)13)9-3-7(17)8(5-16)19-9/h1-2,4,7-9,16-17H,3,5H2,(H2,13,14,18)/t7-,8+,9-/m1/s1. The molecule has 2 heterocycles. The van der Waals surface area contributed by atoms with Gasteiger partial charge in [0.1, 0.15) is 18.1 Å². The molecule has 2 rings (SSSR count). The van der Waals surface area contributed by atoms with Gasteiger partial charge in [-0.2, -0.15) is 4.98 Å². The summed E-state index contributed by atoms with van der Waals surface area (Å²) in [7, 11) is 0. The number of hydrogen-bond acceptors (Lipinski definition) is 6. The molecule has 0 spiro atoms. The van der Waals surface area contributed by atoms with Gasteiger partial charge in [0, 0.05) is 23.7 Å². The fraction of sp³-hybridized carbons (Fsp3) is 0.455. The van der Waals surface area contributed by atoms with Crippen LogP contribution in [0.2, 0.25) is 0 Å². The number of rotatable bonds is 3. The maximum atomic E-state index is 11.8. The van der Waals surface area contributed by atoms with Gasteiger partial charge in [0.05, 0.1) is 12.7 Å². The highest BCUT2D eigenvalue weighted by Gasteiger charge is 2.35. The van der Waals surface area contributed by atoms with Crippen LogP contribution in [0.15, 0.2) is 16.5 Å². The molecular weight excluding hydrogens is 274 g/mol. The van der Waals surface area contributed by atoms with Crippen LogP contribution in [0.3, 0.4) is 0 Å². The average molecular weight is 288 g/mol. The van der Waals surface area contributed by atoms with Crippen LogP contribution in [-0.4, -0.2) is 38.6 Å². The Bertz CT molecular complexity index is 545. The van der Waals surface area contributed by atoms with E-state index in [9.17, 15) is 9.90 Å². The van der Waals surface area contributed by atoms with Crippen LogP contribution in [0.5, 0.6) is 0 Å². The molecule has 19 heavy (non-hydrogen) atoms. The molecule has 8 heteroatoms. The van der Waals surface area contributed by atoms with Crippen LogP contribution in [0.25, 0.3) is 6.08 Å². The van der Waals surface area contributed by atoms with Gasteiger partial charge < -0.3 is 20.7 Å². The number of ether oxygens (including phenoxy) is 1. The molecule has 0 bridgehead atoms. The molecule has 1 aliphatic heterocycles. The Balaban J connectivity index is 2.35. The first kappa shape index (κ1) is 14.0. The number of aromatic nitrogens is 2. The highest BCUT2D eigenvalue weighted by Crippen LogP contribution is 2.27. The van der Waals surface area contributed by atoms with Gasteiger partial charge >= 0.3 is 5.69 Å². The average Bonchev–Trinajstić information content (AvgIpc) is 2.74. The summed E-state index contributed by atoms with van der Waals surface area (Å²) in [5, 5.41) is 18.7. The molecule has 1 aromatic rings. The van der Waals surface area contributed by atoms with Gasteiger partial charge in [-0.05, 0) is 6.08 Å². The maximum Gasteiger partial charge on any atom is 0.351 e. The lowest BCUT2D eigenvalue weighted by atomic mass is 10.2. The first-order chi connectivity index (χ1) is 9.06. The molecule has 0 saturated carbocycles. The Kier molecular flexibility index (Phi) is 4.20. The van der Waals surface area contributed by atoms with Crippen molar-refractivity contribution in [2.24, 2.45) is 0 Å². The summed E-state index contributed by atoms with van der Waals surface area (Å²) < 4.78 is 6.61. The summed E-state index contributed by atoms with van der Waals surface area (Å²) in [5.41, 5.74) is 6.73. The van der Waals surface area contributed by atoms with Gasteiger partial charge in [0.2, 0.25) is 0 Å². The number of nitrogens with two attached hydrogens (primary N) is 1. The molecular formula is C11H14ClN3O4. The number of hydrogen-bond donors (Lipinski definition) is 3. The van der Waals surface area contributed by atoms with Crippen molar-refractivity contribution in [1.82, 2.24) is 9.55 Å². The maximum absolute atomic E-state index is 11.8. The second kappa shape index (κ2) is 5.70. The molecule has 7 nitrogen and oxygen atoms in total. The molecule has 0 aliphatic carbocycles. The first-order valence-corrected chi connectivity index (χ1v) is 6.10. The normalized spacial score (nSPS) is 27.2. The predicted molar refractivity (Wildman–Crippen MR) is 69.4 cm³/mol. The van der Waals surface area contributed by atoms with Crippen molar-refractivity contribution in [3.05, 3.63) is 27.8 Å². The van der Waals surface area contributed by atoms with E-state index in [1.54, 1.807) is 0 Å². The Morgan fingerprint density at radius 3 is 3.00 bits per heavy atom. The minimum Gasteiger partial charge on any atom is -0.394 e. The van der Waals surface area contributed by atoms with Gasteiger partial charge in [0.25, 0.3) is 0 Å². The van der Waals surface area contributed by atoms with E-state index in [1.807, 2.05) is 0 Å². The smallest absolute Gasteiger partial charge is 0.351 e. The van der Waals surface area contributed by atoms with Crippen molar-refractivity contribution in [3.63, 3.8) is 0 Å². The summed E-state index contributed by atoms with van der Waals surface area (Å²) in [6, 6.07) is 0. The summed E-state index contributed by atoms with van der Waals surface area (Å²) in [4.78, 5) is 15.4. The SMILES string of the molecule is Nc1nc(=O)n([C@H]2C[C@@H](O)[C@H](CO)O2)cc1C=CCl. The third-order valence-corrected chi connectivity index (χ3v) is 3.07. The zero-order chi connectivity index (χ0) is 14.0. The quantitative estimate of drug-likeness (QED) is 0.702. The van der Waals surface area contributed by atoms with E-state index in [2.05, 4.69) is 4.98 Å². The highest BCUT2D eigenvalue weighted by atomic mass is 35.5. The third kappa shape index (κ3) is 2.79. The Labute approximate surface area is 113 Å². The lowest BCUT2D eigenvalue weighted by Crippen LogP contribution is -2.28. The summed E-state index contributed by atoms with van der Waals surface area (Å²) in [6.45, 7) is -0.316. The van der Waals surface area contributed by atoms with Crippen LogP contribution in [-0.2, 0) is 4.74 Å². The molecule has 0 aromatic carbocycles. The first-order valence-electron chi connectivity index (χ1n) is 5.66. The molecule has 104 valence electrons. The molecule has 0 amide bonds. The molecule has 0 unspecified atom stereocenters. The van der Waals surface area contributed by atoms with Crippen LogP contribution in [0.4, 0.5) is 5.82 Å². The minimum absolute atomic E-state index is 0.0652. The number of nitrogens with zero attached hydrogens (tertiary/aromatic N) is 2. The molecule has 0 radical (unpaired) electrons. The van der Waals surface area contributed by atoms with Crippen molar-refractivity contribution in [3.8, 4) is 0 Å². The Morgan fingerprint density at radius 1 is 1.68 bits per heavy atom. The predicted octanol–water partition coefficient (Wildman–Crippen LogP) is -0.324. The van der Waals surface area contributed by atoms with Crippen molar-refractivity contribution < 1.29 is 14.9 Å². The third-order valence-electron chi connectivity index (χ3n) is 2.95.